The molecular formula is C94H128N24O21S. The molecule has 0 radical (unpaired) electrons. The number of aliphatic hydroxyl groups is 1. The van der Waals surface area contributed by atoms with Crippen molar-refractivity contribution in [1.29, 1.82) is 10.8 Å². The normalized spacial score (nSPS) is 22.6. The Labute approximate surface area is 812 Å². The Morgan fingerprint density at radius 1 is 0.450 bits per heavy atom. The number of benzene rings is 5. The minimum atomic E-state index is -2.10. The van der Waals surface area contributed by atoms with Gasteiger partial charge < -0.3 is 133 Å². The number of phenols is 1. The number of guanidine groups is 2. The highest BCUT2D eigenvalue weighted by molar-refractivity contribution is 8.00. The molecule has 0 unspecified atom stereocenters. The summed E-state index contributed by atoms with van der Waals surface area (Å²) in [4.78, 5) is 265. The summed E-state index contributed by atoms with van der Waals surface area (Å²) in [6.07, 6.45) is -2.75. The molecule has 46 heteroatoms. The number of aromatic hydroxyl groups is 1. The Morgan fingerprint density at radius 2 is 0.864 bits per heavy atom. The van der Waals surface area contributed by atoms with Crippen LogP contribution in [0.25, 0.3) is 22.0 Å². The molecule has 756 valence electrons. The van der Waals surface area contributed by atoms with Crippen molar-refractivity contribution >= 4 is 141 Å². The predicted octanol–water partition coefficient (Wildman–Crippen LogP) is -3.46. The predicted molar refractivity (Wildman–Crippen MR) is 517 cm³/mol. The number of phenolic OH excluding ortho intramolecular Hbond substituents is 1. The van der Waals surface area contributed by atoms with E-state index in [1.54, 1.807) is 113 Å². The van der Waals surface area contributed by atoms with Gasteiger partial charge in [-0.2, -0.15) is 0 Å². The number of carboxylic acid groups (broad SMARTS) is 1. The number of aliphatic carboxylic acids is 1. The summed E-state index contributed by atoms with van der Waals surface area (Å²) in [6, 6.07) is 12.4. The number of carbonyl (C=O) groups excluding carboxylic acids is 17. The highest BCUT2D eigenvalue weighted by Crippen LogP contribution is 2.24. The van der Waals surface area contributed by atoms with Crippen LogP contribution in [0.4, 0.5) is 0 Å². The number of fused-ring (bicyclic) bond motifs is 1. The summed E-state index contributed by atoms with van der Waals surface area (Å²) in [6.45, 7) is 8.63. The number of amides is 17. The van der Waals surface area contributed by atoms with Gasteiger partial charge in [0.25, 0.3) is 0 Å². The molecule has 6 aromatic rings. The van der Waals surface area contributed by atoms with E-state index < -0.39 is 271 Å². The molecule has 140 heavy (non-hydrogen) atoms. The molecule has 0 bridgehead atoms. The highest BCUT2D eigenvalue weighted by atomic mass is 32.2. The summed E-state index contributed by atoms with van der Waals surface area (Å²) in [5.74, 6) is -24.4. The molecule has 17 amide bonds. The largest absolute Gasteiger partial charge is 0.508 e. The van der Waals surface area contributed by atoms with Gasteiger partial charge in [-0.15, -0.1) is 11.8 Å². The lowest BCUT2D eigenvalue weighted by Crippen LogP contribution is -2.62. The van der Waals surface area contributed by atoms with Crippen molar-refractivity contribution < 1.29 is 102 Å². The molecule has 7 rings (SSSR count). The third-order valence-electron chi connectivity index (χ3n) is 22.6. The highest BCUT2D eigenvalue weighted by Gasteiger charge is 2.41. The molecule has 0 saturated carbocycles. The van der Waals surface area contributed by atoms with Gasteiger partial charge in [-0.25, -0.2) is 0 Å². The number of hydrogen-bond donors (Lipinski definition) is 26. The van der Waals surface area contributed by atoms with Gasteiger partial charge in [0.15, 0.2) is 11.9 Å². The molecule has 0 aliphatic carbocycles. The quantitative estimate of drug-likeness (QED) is 0.0123. The van der Waals surface area contributed by atoms with Crippen LogP contribution in [-0.2, 0) is 112 Å². The van der Waals surface area contributed by atoms with E-state index in [9.17, 15) is 68.1 Å². The maximum absolute atomic E-state index is 15.5. The smallest absolute Gasteiger partial charge is 0.305 e. The Hall–Kier alpha value is -15.3. The van der Waals surface area contributed by atoms with Gasteiger partial charge in [-0.1, -0.05) is 157 Å². The topological polar surface area (TPSA) is 731 Å². The van der Waals surface area contributed by atoms with Crippen LogP contribution in [0.1, 0.15) is 116 Å². The molecule has 0 spiro atoms. The zero-order chi connectivity index (χ0) is 103. The fourth-order valence-corrected chi connectivity index (χ4v) is 15.8. The summed E-state index contributed by atoms with van der Waals surface area (Å²) in [7, 11) is 1.17. The minimum absolute atomic E-state index is 0.0124. The van der Waals surface area contributed by atoms with Gasteiger partial charge in [0.2, 0.25) is 100 Å². The molecule has 2 heterocycles. The first kappa shape index (κ1) is 112. The van der Waals surface area contributed by atoms with Gasteiger partial charge >= 0.3 is 5.97 Å². The Bertz CT molecular complexity index is 5360. The number of nitrogens with two attached hydrogens (primary N) is 4. The number of nitrogens with zero attached hydrogens (tertiary/aromatic N) is 1. The van der Waals surface area contributed by atoms with Crippen LogP contribution < -0.4 is 108 Å². The molecule has 1 fully saturated rings. The average Bonchev–Trinajstić information content (AvgIpc) is 1.64. The first-order valence-corrected chi connectivity index (χ1v) is 46.7. The lowest BCUT2D eigenvalue weighted by atomic mass is 9.98. The van der Waals surface area contributed by atoms with Crippen molar-refractivity contribution in [3.63, 3.8) is 0 Å². The number of para-hydroxylation sites is 1. The maximum atomic E-state index is 15.5. The number of aliphatic hydroxyl groups excluding tert-OH is 1. The lowest BCUT2D eigenvalue weighted by molar-refractivity contribution is -0.143. The van der Waals surface area contributed by atoms with Crippen LogP contribution in [0.5, 0.6) is 5.75 Å². The van der Waals surface area contributed by atoms with Crippen LogP contribution in [0.2, 0.25) is 0 Å². The van der Waals surface area contributed by atoms with Gasteiger partial charge in [-0.05, 0) is 108 Å². The van der Waals surface area contributed by atoms with Crippen molar-refractivity contribution in [2.24, 2.45) is 40.7 Å². The number of likely N-dealkylation sites (N-methyl/N-ethyl adjacent to an activating group) is 1. The SMILES string of the molecule is CC(C)C[C@@H]1NC(=O)[C@H](CCCNC(=N)N)NC(=O)[C@@H](CC(N)=O)NC(=O)[C@H](C)N(C)C(=O)[C@H](CCCNC(=N)N)NC(=O)[C@H](Cc2ccc(-c3ccccc3)cc2)NC(=O)[C@H](C(C)C)NC(=O)[C@H](Cc2c[nH]c3ccccc23)NC(=O)[C@H](CC(=O)O)NC(=O)[C@H](Cc2ccc(O)cc2)NC(=O)[C@H](Cc2ccccc2)NC(=O)CSC[C@@H](C(=O)NCC(N)=O)NC(=O)[C@H](CO)NC(=O)[C@H](C(C)C)NC1=O. The molecule has 14 atom stereocenters. The fraction of sp³-hybridized carbons (Fsp3) is 0.447. The van der Waals surface area contributed by atoms with Crippen molar-refractivity contribution in [2.75, 3.05) is 44.8 Å². The van der Waals surface area contributed by atoms with Crippen molar-refractivity contribution in [2.45, 2.75) is 204 Å². The van der Waals surface area contributed by atoms with E-state index in [0.717, 1.165) is 16.0 Å². The van der Waals surface area contributed by atoms with E-state index in [2.05, 4.69) is 90.1 Å². The summed E-state index contributed by atoms with van der Waals surface area (Å²) in [5, 5.41) is 88.5. The Kier molecular flexibility index (Phi) is 44.1. The van der Waals surface area contributed by atoms with Gasteiger partial charge in [0.1, 0.15) is 90.3 Å². The number of rotatable bonds is 29. The van der Waals surface area contributed by atoms with Crippen LogP contribution >= 0.6 is 11.8 Å². The Balaban J connectivity index is 1.34. The second-order valence-electron chi connectivity index (χ2n) is 35.0. The first-order chi connectivity index (χ1) is 66.4. The summed E-state index contributed by atoms with van der Waals surface area (Å²) in [5.41, 5.74) is 26.0. The number of hydrogen-bond acceptors (Lipinski definition) is 23. The standard InChI is InChI=1S/C94H128N24O21S/c1-49(2)37-64-87(134)116-78(51(5)6)91(138)114-71(46-119)89(136)115-72(80(127)104-45-74(96)122)47-140-48-75(123)105-65(38-53-19-11-9-12-20-53)82(129)110-66(40-55-29-33-59(120)34-30-55)84(131)112-70(43-76(124)125)86(133)111-68(41-58-44-103-61-24-16-15-23-60(58)61)88(135)117-77(50(3)4)90(137)113-67(39-54-27-31-57(32-28-54)56-21-13-10-14-22-56)83(130)107-63(26-18-36-102-94(99)100)92(139)118(8)52(7)79(126)108-69(42-73(95)121)85(132)106-62(81(128)109-64)25-17-35-101-93(97)98/h9-16,19-24,27-34,44,49-52,62-72,77-78,103,119-120H,17-18,25-26,35-43,45-48H2,1-8H3,(H2,95,121)(H2,96,122)(H,104,127)(H,105,123)(H,106,132)(H,107,130)(H,108,126)(H,109,128)(H,110,129)(H,111,133)(H,112,131)(H,113,137)(H,114,138)(H,115,136)(H,116,134)(H,117,135)(H,124,125)(H4,97,98,101)(H4,99,100,102)/t52-,62-,63-,64-,65-,66-,67-,68-,69+,70-,71-,72-,77-,78-/m0/s1. The van der Waals surface area contributed by atoms with Gasteiger partial charge in [0.05, 0.1) is 31.7 Å². The number of carboxylic acids is 1. The number of thioether (sulfide) groups is 1. The molecule has 1 aromatic heterocycles. The van der Waals surface area contributed by atoms with Gasteiger partial charge in [-0.3, -0.25) is 97.1 Å². The van der Waals surface area contributed by atoms with E-state index in [1.165, 1.54) is 52.1 Å². The zero-order valence-electron chi connectivity index (χ0n) is 79.0. The van der Waals surface area contributed by atoms with Crippen LogP contribution in [-0.4, -0.2) is 273 Å². The summed E-state index contributed by atoms with van der Waals surface area (Å²) >= 11 is 0.689. The van der Waals surface area contributed by atoms with Crippen LogP contribution in [0, 0.1) is 28.6 Å². The minimum Gasteiger partial charge on any atom is -0.508 e. The number of aromatic amines is 1. The second-order valence-corrected chi connectivity index (χ2v) is 36.0. The van der Waals surface area contributed by atoms with Gasteiger partial charge in [0, 0.05) is 68.7 Å². The summed E-state index contributed by atoms with van der Waals surface area (Å²) < 4.78 is 0. The van der Waals surface area contributed by atoms with Crippen molar-refractivity contribution in [3.05, 3.63) is 162 Å². The monoisotopic (exact) mass is 1960 g/mol. The first-order valence-electron chi connectivity index (χ1n) is 45.5. The van der Waals surface area contributed by atoms with Crippen molar-refractivity contribution in [1.82, 2.24) is 95.0 Å². The number of primary amides is 2. The van der Waals surface area contributed by atoms with E-state index >= 15 is 33.6 Å². The lowest BCUT2D eigenvalue weighted by Gasteiger charge is -2.31. The molecule has 1 aliphatic heterocycles. The number of aromatic nitrogens is 1. The number of H-pyrrole nitrogens is 1. The third kappa shape index (κ3) is 36.3. The van der Waals surface area contributed by atoms with E-state index in [1.807, 2.05) is 30.3 Å². The zero-order valence-corrected chi connectivity index (χ0v) is 79.8. The van der Waals surface area contributed by atoms with E-state index in [4.69, 9.17) is 33.8 Å². The maximum Gasteiger partial charge on any atom is 0.305 e. The number of nitrogens with one attached hydrogen (secondary N) is 19. The van der Waals surface area contributed by atoms with Crippen molar-refractivity contribution in [3.8, 4) is 16.9 Å². The molecule has 30 N–H and O–H groups in total. The average molecular weight is 1960 g/mol. The second kappa shape index (κ2) is 55.2. The van der Waals surface area contributed by atoms with Crippen LogP contribution in [0.15, 0.2) is 140 Å². The van der Waals surface area contributed by atoms with Crippen LogP contribution in [0.3, 0.4) is 0 Å². The molecule has 1 aliphatic rings. The molecule has 5 aromatic carbocycles. The third-order valence-corrected chi connectivity index (χ3v) is 23.7. The molecule has 1 saturated heterocycles. The Morgan fingerprint density at radius 3 is 1.39 bits per heavy atom. The van der Waals surface area contributed by atoms with E-state index in [-0.39, 0.29) is 69.3 Å². The molecular weight excluding hydrogens is 1830 g/mol. The fourth-order valence-electron chi connectivity index (χ4n) is 14.9. The number of carbonyl (C=O) groups is 18. The van der Waals surface area contributed by atoms with E-state index in [0.29, 0.717) is 39.4 Å². The molecule has 45 nitrogen and oxygen atoms in total.